The molecule has 1 heterocycles. The van der Waals surface area contributed by atoms with Gasteiger partial charge in [0.15, 0.2) is 11.5 Å². The van der Waals surface area contributed by atoms with Crippen LogP contribution < -0.4 is 14.2 Å². The Balaban J connectivity index is 1.60. The van der Waals surface area contributed by atoms with E-state index < -0.39 is 10.0 Å². The van der Waals surface area contributed by atoms with Crippen molar-refractivity contribution in [2.24, 2.45) is 0 Å². The van der Waals surface area contributed by atoms with Crippen LogP contribution in [0.15, 0.2) is 47.4 Å². The van der Waals surface area contributed by atoms with Crippen molar-refractivity contribution in [3.63, 3.8) is 0 Å². The summed E-state index contributed by atoms with van der Waals surface area (Å²) in [4.78, 5) is 13.7. The first-order chi connectivity index (χ1) is 12.8. The quantitative estimate of drug-likeness (QED) is 0.782. The van der Waals surface area contributed by atoms with E-state index in [1.165, 1.54) is 6.92 Å². The molecule has 1 aliphatic rings. The zero-order valence-corrected chi connectivity index (χ0v) is 16.1. The molecule has 0 spiro atoms. The van der Waals surface area contributed by atoms with Gasteiger partial charge in [-0.1, -0.05) is 23.8 Å². The van der Waals surface area contributed by atoms with Gasteiger partial charge < -0.3 is 14.4 Å². The molecule has 0 aromatic heterocycles. The molecule has 0 saturated carbocycles. The molecule has 0 unspecified atom stereocenters. The van der Waals surface area contributed by atoms with Gasteiger partial charge in [0.2, 0.25) is 22.7 Å². The Morgan fingerprint density at radius 1 is 1.11 bits per heavy atom. The molecule has 0 aliphatic carbocycles. The summed E-state index contributed by atoms with van der Waals surface area (Å²) < 4.78 is 37.8. The van der Waals surface area contributed by atoms with Crippen LogP contribution >= 0.6 is 0 Å². The summed E-state index contributed by atoms with van der Waals surface area (Å²) in [7, 11) is -3.60. The normalized spacial score (nSPS) is 12.8. The summed E-state index contributed by atoms with van der Waals surface area (Å²) in [5.74, 6) is 1.19. The van der Waals surface area contributed by atoms with E-state index in [1.807, 2.05) is 19.1 Å². The van der Waals surface area contributed by atoms with Crippen molar-refractivity contribution >= 4 is 15.9 Å². The first-order valence-corrected chi connectivity index (χ1v) is 10.0. The second kappa shape index (κ2) is 7.98. The Labute approximate surface area is 158 Å². The van der Waals surface area contributed by atoms with Crippen LogP contribution in [0.4, 0.5) is 0 Å². The molecule has 1 amide bonds. The third kappa shape index (κ3) is 4.78. The average molecular weight is 390 g/mol. The summed E-state index contributed by atoms with van der Waals surface area (Å²) in [6, 6.07) is 12.1. The average Bonchev–Trinajstić information content (AvgIpc) is 3.08. The standard InChI is InChI=1S/C19H22N2O5S/c1-14-3-6-17(7-4-14)27(23,24)20-9-10-21(15(2)22)12-16-5-8-18-19(11-16)26-13-25-18/h3-8,11,20H,9-10,12-13H2,1-2H3. The number of amides is 1. The van der Waals surface area contributed by atoms with E-state index in [0.29, 0.717) is 18.0 Å². The number of fused-ring (bicyclic) bond motifs is 1. The van der Waals surface area contributed by atoms with Gasteiger partial charge in [-0.15, -0.1) is 0 Å². The maximum Gasteiger partial charge on any atom is 0.240 e. The van der Waals surface area contributed by atoms with Gasteiger partial charge in [0, 0.05) is 26.6 Å². The van der Waals surface area contributed by atoms with Crippen molar-refractivity contribution in [1.29, 1.82) is 0 Å². The predicted octanol–water partition coefficient (Wildman–Crippen LogP) is 2.05. The van der Waals surface area contributed by atoms with Crippen molar-refractivity contribution in [3.8, 4) is 11.5 Å². The number of ether oxygens (including phenoxy) is 2. The van der Waals surface area contributed by atoms with Crippen LogP contribution in [0.5, 0.6) is 11.5 Å². The van der Waals surface area contributed by atoms with Crippen LogP contribution in [0, 0.1) is 6.92 Å². The van der Waals surface area contributed by atoms with Gasteiger partial charge in [0.05, 0.1) is 4.90 Å². The lowest BCUT2D eigenvalue weighted by Gasteiger charge is -2.21. The number of hydrogen-bond donors (Lipinski definition) is 1. The van der Waals surface area contributed by atoms with Crippen LogP contribution in [-0.4, -0.2) is 39.1 Å². The van der Waals surface area contributed by atoms with Gasteiger partial charge in [-0.3, -0.25) is 4.79 Å². The lowest BCUT2D eigenvalue weighted by atomic mass is 10.2. The van der Waals surface area contributed by atoms with Crippen LogP contribution in [0.1, 0.15) is 18.1 Å². The monoisotopic (exact) mass is 390 g/mol. The summed E-state index contributed by atoms with van der Waals surface area (Å²) in [5, 5.41) is 0. The number of carbonyl (C=O) groups is 1. The van der Waals surface area contributed by atoms with Gasteiger partial charge in [-0.25, -0.2) is 13.1 Å². The minimum Gasteiger partial charge on any atom is -0.454 e. The SMILES string of the molecule is CC(=O)N(CCNS(=O)(=O)c1ccc(C)cc1)Cc1ccc2c(c1)OCO2. The molecule has 8 heteroatoms. The van der Waals surface area contributed by atoms with E-state index in [0.717, 1.165) is 11.1 Å². The smallest absolute Gasteiger partial charge is 0.240 e. The van der Waals surface area contributed by atoms with E-state index in [9.17, 15) is 13.2 Å². The van der Waals surface area contributed by atoms with E-state index in [2.05, 4.69) is 4.72 Å². The molecule has 0 saturated heterocycles. The van der Waals surface area contributed by atoms with Gasteiger partial charge in [0.1, 0.15) is 0 Å². The third-order valence-electron chi connectivity index (χ3n) is 4.26. The maximum atomic E-state index is 12.3. The molecule has 1 aliphatic heterocycles. The first kappa shape index (κ1) is 19.2. The zero-order valence-electron chi connectivity index (χ0n) is 15.3. The number of benzene rings is 2. The molecule has 7 nitrogen and oxygen atoms in total. The topological polar surface area (TPSA) is 84.9 Å². The second-order valence-electron chi connectivity index (χ2n) is 6.34. The van der Waals surface area contributed by atoms with Crippen molar-refractivity contribution < 1.29 is 22.7 Å². The summed E-state index contributed by atoms with van der Waals surface area (Å²) in [6.07, 6.45) is 0. The second-order valence-corrected chi connectivity index (χ2v) is 8.11. The molecule has 0 fully saturated rings. The Bertz CT molecular complexity index is 926. The lowest BCUT2D eigenvalue weighted by molar-refractivity contribution is -0.129. The minimum absolute atomic E-state index is 0.125. The van der Waals surface area contributed by atoms with Crippen molar-refractivity contribution in [3.05, 3.63) is 53.6 Å². The highest BCUT2D eigenvalue weighted by Crippen LogP contribution is 2.32. The molecule has 1 N–H and O–H groups in total. The molecule has 0 radical (unpaired) electrons. The van der Waals surface area contributed by atoms with Crippen LogP contribution in [0.25, 0.3) is 0 Å². The molecule has 3 rings (SSSR count). The predicted molar refractivity (Wildman–Crippen MR) is 100 cm³/mol. The van der Waals surface area contributed by atoms with Gasteiger partial charge in [0.25, 0.3) is 0 Å². The molecule has 27 heavy (non-hydrogen) atoms. The number of sulfonamides is 1. The fraction of sp³-hybridized carbons (Fsp3) is 0.316. The van der Waals surface area contributed by atoms with E-state index in [-0.39, 0.29) is 30.7 Å². The highest BCUT2D eigenvalue weighted by Gasteiger charge is 2.17. The van der Waals surface area contributed by atoms with E-state index in [4.69, 9.17) is 9.47 Å². The van der Waals surface area contributed by atoms with Gasteiger partial charge >= 0.3 is 0 Å². The molecule has 144 valence electrons. The van der Waals surface area contributed by atoms with Gasteiger partial charge in [-0.05, 0) is 36.8 Å². The van der Waals surface area contributed by atoms with Crippen molar-refractivity contribution in [2.75, 3.05) is 19.9 Å². The van der Waals surface area contributed by atoms with Crippen LogP contribution in [-0.2, 0) is 21.4 Å². The number of carbonyl (C=O) groups excluding carboxylic acids is 1. The fourth-order valence-corrected chi connectivity index (χ4v) is 3.74. The van der Waals surface area contributed by atoms with Gasteiger partial charge in [-0.2, -0.15) is 0 Å². The Kier molecular flexibility index (Phi) is 5.67. The number of rotatable bonds is 7. The number of hydrogen-bond acceptors (Lipinski definition) is 5. The summed E-state index contributed by atoms with van der Waals surface area (Å²) >= 11 is 0. The van der Waals surface area contributed by atoms with E-state index in [1.54, 1.807) is 35.2 Å². The molecule has 2 aromatic rings. The molecular weight excluding hydrogens is 368 g/mol. The molecule has 0 atom stereocenters. The Morgan fingerprint density at radius 3 is 2.52 bits per heavy atom. The van der Waals surface area contributed by atoms with Crippen LogP contribution in [0.3, 0.4) is 0 Å². The summed E-state index contributed by atoms with van der Waals surface area (Å²) in [5.41, 5.74) is 1.87. The molecule has 0 bridgehead atoms. The molecular formula is C19H22N2O5S. The number of nitrogens with one attached hydrogen (secondary N) is 1. The fourth-order valence-electron chi connectivity index (χ4n) is 2.72. The maximum absolute atomic E-state index is 12.3. The van der Waals surface area contributed by atoms with E-state index >= 15 is 0 Å². The Hall–Kier alpha value is -2.58. The summed E-state index contributed by atoms with van der Waals surface area (Å²) in [6.45, 7) is 4.29. The third-order valence-corrected chi connectivity index (χ3v) is 5.74. The van der Waals surface area contributed by atoms with Crippen molar-refractivity contribution in [1.82, 2.24) is 9.62 Å². The Morgan fingerprint density at radius 2 is 1.81 bits per heavy atom. The lowest BCUT2D eigenvalue weighted by Crippen LogP contribution is -2.37. The number of nitrogens with zero attached hydrogens (tertiary/aromatic N) is 1. The first-order valence-electron chi connectivity index (χ1n) is 8.55. The highest BCUT2D eigenvalue weighted by atomic mass is 32.2. The molecule has 2 aromatic carbocycles. The minimum atomic E-state index is -3.60. The van der Waals surface area contributed by atoms with Crippen molar-refractivity contribution in [2.45, 2.75) is 25.3 Å². The number of aryl methyl sites for hydroxylation is 1. The highest BCUT2D eigenvalue weighted by molar-refractivity contribution is 7.89. The zero-order chi connectivity index (χ0) is 19.4. The van der Waals surface area contributed by atoms with Crippen LogP contribution in [0.2, 0.25) is 0 Å². The largest absolute Gasteiger partial charge is 0.454 e.